The molecule has 0 aliphatic heterocycles. The number of amides is 1. The van der Waals surface area contributed by atoms with E-state index in [-0.39, 0.29) is 18.0 Å². The van der Waals surface area contributed by atoms with Gasteiger partial charge in [-0.2, -0.15) is 0 Å². The lowest BCUT2D eigenvalue weighted by Gasteiger charge is -2.19. The first kappa shape index (κ1) is 15.8. The van der Waals surface area contributed by atoms with E-state index in [0.717, 1.165) is 11.3 Å². The highest BCUT2D eigenvalue weighted by molar-refractivity contribution is 5.84. The summed E-state index contributed by atoms with van der Waals surface area (Å²) in [5.74, 6) is 0.479. The summed E-state index contributed by atoms with van der Waals surface area (Å²) in [6, 6.07) is 13.1. The van der Waals surface area contributed by atoms with Crippen molar-refractivity contribution in [3.63, 3.8) is 0 Å². The number of nitrogens with one attached hydrogen (secondary N) is 2. The van der Waals surface area contributed by atoms with Crippen LogP contribution in [0.1, 0.15) is 25.5 Å². The Bertz CT molecular complexity index is 599. The topological polar surface area (TPSA) is 63.2 Å². The van der Waals surface area contributed by atoms with Crippen LogP contribution in [0.25, 0.3) is 0 Å². The van der Waals surface area contributed by atoms with E-state index in [1.54, 1.807) is 19.4 Å². The van der Waals surface area contributed by atoms with Crippen molar-refractivity contribution in [3.05, 3.63) is 54.2 Å². The number of nitrogens with zero attached hydrogens (tertiary/aromatic N) is 1. The summed E-state index contributed by atoms with van der Waals surface area (Å²) in [6.07, 6.45) is 1.64. The molecule has 0 aliphatic carbocycles. The molecule has 116 valence electrons. The van der Waals surface area contributed by atoms with Crippen LogP contribution in [0.3, 0.4) is 0 Å². The van der Waals surface area contributed by atoms with E-state index < -0.39 is 0 Å². The standard InChI is InChI=1S/C17H21N3O2/c1-12(14-7-5-4-6-8-14)20-17(21)13(2)19-15-9-10-16(22-3)18-11-15/h4-13,19H,1-3H3,(H,20,21)/t12-,13+/m0/s1. The van der Waals surface area contributed by atoms with Crippen LogP contribution in [-0.4, -0.2) is 24.0 Å². The van der Waals surface area contributed by atoms with E-state index in [4.69, 9.17) is 4.74 Å². The van der Waals surface area contributed by atoms with Gasteiger partial charge in [-0.25, -0.2) is 4.98 Å². The molecule has 0 spiro atoms. The lowest BCUT2D eigenvalue weighted by Crippen LogP contribution is -2.38. The maximum atomic E-state index is 12.2. The molecule has 2 rings (SSSR count). The van der Waals surface area contributed by atoms with Gasteiger partial charge in [-0.1, -0.05) is 30.3 Å². The molecule has 0 saturated heterocycles. The molecule has 5 nitrogen and oxygen atoms in total. The summed E-state index contributed by atoms with van der Waals surface area (Å²) in [5, 5.41) is 6.11. The number of rotatable bonds is 6. The normalized spacial score (nSPS) is 13.0. The Morgan fingerprint density at radius 1 is 1.14 bits per heavy atom. The van der Waals surface area contributed by atoms with Crippen molar-refractivity contribution < 1.29 is 9.53 Å². The molecule has 0 saturated carbocycles. The van der Waals surface area contributed by atoms with Gasteiger partial charge in [0.05, 0.1) is 25.0 Å². The van der Waals surface area contributed by atoms with Crippen molar-refractivity contribution in [2.45, 2.75) is 25.9 Å². The quantitative estimate of drug-likeness (QED) is 0.861. The molecule has 0 unspecified atom stereocenters. The van der Waals surface area contributed by atoms with E-state index in [0.29, 0.717) is 5.88 Å². The molecule has 0 radical (unpaired) electrons. The molecule has 22 heavy (non-hydrogen) atoms. The number of hydrogen-bond acceptors (Lipinski definition) is 4. The highest BCUT2D eigenvalue weighted by Crippen LogP contribution is 2.14. The second-order valence-electron chi connectivity index (χ2n) is 5.10. The number of methoxy groups -OCH3 is 1. The molecular formula is C17H21N3O2. The van der Waals surface area contributed by atoms with Crippen molar-refractivity contribution in [3.8, 4) is 5.88 Å². The third-order valence-corrected chi connectivity index (χ3v) is 3.38. The molecule has 1 aromatic heterocycles. The van der Waals surface area contributed by atoms with Gasteiger partial charge in [0.25, 0.3) is 0 Å². The predicted octanol–water partition coefficient (Wildman–Crippen LogP) is 2.77. The van der Waals surface area contributed by atoms with E-state index in [1.807, 2.05) is 50.2 Å². The molecule has 0 fully saturated rings. The number of carbonyl (C=O) groups excluding carboxylic acids is 1. The Kier molecular flexibility index (Phi) is 5.36. The molecular weight excluding hydrogens is 278 g/mol. The van der Waals surface area contributed by atoms with Crippen molar-refractivity contribution in [2.24, 2.45) is 0 Å². The summed E-state index contributed by atoms with van der Waals surface area (Å²) < 4.78 is 5.01. The van der Waals surface area contributed by atoms with Gasteiger partial charge in [0.1, 0.15) is 6.04 Å². The minimum Gasteiger partial charge on any atom is -0.481 e. The molecule has 1 aromatic carbocycles. The molecule has 5 heteroatoms. The van der Waals surface area contributed by atoms with Crippen LogP contribution < -0.4 is 15.4 Å². The SMILES string of the molecule is COc1ccc(N[C@H](C)C(=O)N[C@@H](C)c2ccccc2)cn1. The van der Waals surface area contributed by atoms with E-state index in [2.05, 4.69) is 15.6 Å². The summed E-state index contributed by atoms with van der Waals surface area (Å²) >= 11 is 0. The number of benzene rings is 1. The lowest BCUT2D eigenvalue weighted by atomic mass is 10.1. The van der Waals surface area contributed by atoms with Crippen LogP contribution >= 0.6 is 0 Å². The first-order valence-corrected chi connectivity index (χ1v) is 7.22. The minimum absolute atomic E-state index is 0.0352. The molecule has 1 amide bonds. The summed E-state index contributed by atoms with van der Waals surface area (Å²) in [6.45, 7) is 3.78. The Morgan fingerprint density at radius 2 is 1.86 bits per heavy atom. The van der Waals surface area contributed by atoms with Crippen LogP contribution in [0.2, 0.25) is 0 Å². The number of ether oxygens (including phenoxy) is 1. The van der Waals surface area contributed by atoms with Crippen molar-refractivity contribution >= 4 is 11.6 Å². The van der Waals surface area contributed by atoms with Gasteiger partial charge in [-0.3, -0.25) is 4.79 Å². The van der Waals surface area contributed by atoms with Crippen LogP contribution in [0.4, 0.5) is 5.69 Å². The van der Waals surface area contributed by atoms with Gasteiger partial charge >= 0.3 is 0 Å². The van der Waals surface area contributed by atoms with Gasteiger partial charge in [-0.15, -0.1) is 0 Å². The maximum absolute atomic E-state index is 12.2. The van der Waals surface area contributed by atoms with Crippen molar-refractivity contribution in [1.82, 2.24) is 10.3 Å². The van der Waals surface area contributed by atoms with Gasteiger partial charge in [-0.05, 0) is 25.5 Å². The zero-order valence-electron chi connectivity index (χ0n) is 13.0. The third-order valence-electron chi connectivity index (χ3n) is 3.38. The largest absolute Gasteiger partial charge is 0.481 e. The number of carbonyl (C=O) groups is 1. The number of hydrogen-bond donors (Lipinski definition) is 2. The fraction of sp³-hybridized carbons (Fsp3) is 0.294. The number of anilines is 1. The fourth-order valence-electron chi connectivity index (χ4n) is 2.07. The second-order valence-corrected chi connectivity index (χ2v) is 5.10. The number of pyridine rings is 1. The van der Waals surface area contributed by atoms with E-state index in [1.165, 1.54) is 0 Å². The minimum atomic E-state index is -0.360. The lowest BCUT2D eigenvalue weighted by molar-refractivity contribution is -0.122. The Hall–Kier alpha value is -2.56. The van der Waals surface area contributed by atoms with E-state index >= 15 is 0 Å². The highest BCUT2D eigenvalue weighted by atomic mass is 16.5. The van der Waals surface area contributed by atoms with Crippen LogP contribution in [-0.2, 0) is 4.79 Å². The molecule has 2 aromatic rings. The third kappa shape index (κ3) is 4.22. The average Bonchev–Trinajstić information content (AvgIpc) is 2.56. The summed E-state index contributed by atoms with van der Waals surface area (Å²) in [5.41, 5.74) is 1.85. The second kappa shape index (κ2) is 7.45. The zero-order valence-corrected chi connectivity index (χ0v) is 13.0. The van der Waals surface area contributed by atoms with Gasteiger partial charge in [0, 0.05) is 6.07 Å². The van der Waals surface area contributed by atoms with E-state index in [9.17, 15) is 4.79 Å². The van der Waals surface area contributed by atoms with Crippen molar-refractivity contribution in [1.29, 1.82) is 0 Å². The Balaban J connectivity index is 1.91. The van der Waals surface area contributed by atoms with Gasteiger partial charge < -0.3 is 15.4 Å². The first-order valence-electron chi connectivity index (χ1n) is 7.22. The smallest absolute Gasteiger partial charge is 0.242 e. The molecule has 2 N–H and O–H groups in total. The average molecular weight is 299 g/mol. The van der Waals surface area contributed by atoms with Crippen LogP contribution in [0, 0.1) is 0 Å². The highest BCUT2D eigenvalue weighted by Gasteiger charge is 2.16. The molecule has 2 atom stereocenters. The zero-order chi connectivity index (χ0) is 15.9. The Morgan fingerprint density at radius 3 is 2.45 bits per heavy atom. The van der Waals surface area contributed by atoms with Crippen LogP contribution in [0.15, 0.2) is 48.7 Å². The van der Waals surface area contributed by atoms with Crippen molar-refractivity contribution in [2.75, 3.05) is 12.4 Å². The summed E-state index contributed by atoms with van der Waals surface area (Å²) in [7, 11) is 1.57. The van der Waals surface area contributed by atoms with Gasteiger partial charge in [0.2, 0.25) is 11.8 Å². The van der Waals surface area contributed by atoms with Gasteiger partial charge in [0.15, 0.2) is 0 Å². The van der Waals surface area contributed by atoms with Crippen LogP contribution in [0.5, 0.6) is 5.88 Å². The Labute approximate surface area is 130 Å². The predicted molar refractivity (Wildman–Crippen MR) is 86.9 cm³/mol. The molecule has 0 bridgehead atoms. The first-order chi connectivity index (χ1) is 10.6. The number of aromatic nitrogens is 1. The monoisotopic (exact) mass is 299 g/mol. The maximum Gasteiger partial charge on any atom is 0.242 e. The summed E-state index contributed by atoms with van der Waals surface area (Å²) in [4.78, 5) is 16.3. The molecule has 0 aliphatic rings. The molecule has 1 heterocycles. The fourth-order valence-corrected chi connectivity index (χ4v) is 2.07.